The normalized spacial score (nSPS) is 11.2. The van der Waals surface area contributed by atoms with E-state index in [1.807, 2.05) is 12.1 Å². The molecule has 8 aromatic carbocycles. The number of hydrogen-bond acceptors (Lipinski definition) is 2. The number of benzene rings is 8. The Bertz CT molecular complexity index is 2470. The van der Waals surface area contributed by atoms with E-state index in [0.29, 0.717) is 0 Å². The number of furan rings is 1. The summed E-state index contributed by atoms with van der Waals surface area (Å²) in [4.78, 5) is 2.33. The summed E-state index contributed by atoms with van der Waals surface area (Å²) in [6, 6.07) is 71.1. The fourth-order valence-corrected chi connectivity index (χ4v) is 6.90. The summed E-state index contributed by atoms with van der Waals surface area (Å²) in [5.41, 5.74) is 14.6. The van der Waals surface area contributed by atoms with Gasteiger partial charge in [-0.25, -0.2) is 0 Å². The second-order valence-electron chi connectivity index (χ2n) is 12.6. The van der Waals surface area contributed by atoms with Gasteiger partial charge in [0.25, 0.3) is 0 Å². The molecule has 236 valence electrons. The number of anilines is 3. The van der Waals surface area contributed by atoms with Crippen molar-refractivity contribution in [2.75, 3.05) is 4.90 Å². The van der Waals surface area contributed by atoms with Gasteiger partial charge in [-0.05, 0) is 105 Å². The smallest absolute Gasteiger partial charge is 0.136 e. The zero-order valence-corrected chi connectivity index (χ0v) is 27.4. The van der Waals surface area contributed by atoms with Gasteiger partial charge in [-0.1, -0.05) is 140 Å². The quantitative estimate of drug-likeness (QED) is 0.173. The summed E-state index contributed by atoms with van der Waals surface area (Å²) < 4.78 is 6.19. The third-order valence-electron chi connectivity index (χ3n) is 9.50. The first kappa shape index (κ1) is 29.5. The van der Waals surface area contributed by atoms with E-state index < -0.39 is 0 Å². The van der Waals surface area contributed by atoms with Crippen LogP contribution in [0.4, 0.5) is 17.1 Å². The van der Waals surface area contributed by atoms with Crippen LogP contribution < -0.4 is 4.90 Å². The van der Waals surface area contributed by atoms with Crippen LogP contribution >= 0.6 is 0 Å². The summed E-state index contributed by atoms with van der Waals surface area (Å²) in [7, 11) is 0. The predicted molar refractivity (Wildman–Crippen MR) is 210 cm³/mol. The van der Waals surface area contributed by atoms with Gasteiger partial charge < -0.3 is 9.32 Å². The van der Waals surface area contributed by atoms with Crippen LogP contribution in [0.25, 0.3) is 66.4 Å². The molecule has 0 saturated heterocycles. The van der Waals surface area contributed by atoms with E-state index in [2.05, 4.69) is 193 Å². The standard InChI is InChI=1S/C48H33NO/c1-3-10-34(11-4-1)36-18-25-42(26-19-36)49(43-27-20-37(21-28-43)35-12-5-2-6-13-35)44-29-22-38(23-30-44)39-14-9-15-40(32-39)41-24-31-46-45-16-7-8-17-47(45)50-48(46)33-41/h1-33H. The number of fused-ring (bicyclic) bond motifs is 3. The highest BCUT2D eigenvalue weighted by atomic mass is 16.3. The fraction of sp³-hybridized carbons (Fsp3) is 0. The molecule has 0 aliphatic rings. The highest BCUT2D eigenvalue weighted by Gasteiger charge is 2.14. The van der Waals surface area contributed by atoms with E-state index in [9.17, 15) is 0 Å². The molecule has 2 nitrogen and oxygen atoms in total. The monoisotopic (exact) mass is 639 g/mol. The van der Waals surface area contributed by atoms with E-state index in [-0.39, 0.29) is 0 Å². The first-order valence-electron chi connectivity index (χ1n) is 17.0. The van der Waals surface area contributed by atoms with Gasteiger partial charge in [0.05, 0.1) is 0 Å². The van der Waals surface area contributed by atoms with E-state index in [4.69, 9.17) is 4.42 Å². The lowest BCUT2D eigenvalue weighted by molar-refractivity contribution is 0.669. The van der Waals surface area contributed by atoms with Gasteiger partial charge in [0.1, 0.15) is 11.2 Å². The van der Waals surface area contributed by atoms with Crippen molar-refractivity contribution < 1.29 is 4.42 Å². The molecule has 1 heterocycles. The molecule has 9 rings (SSSR count). The maximum Gasteiger partial charge on any atom is 0.136 e. The zero-order chi connectivity index (χ0) is 33.3. The summed E-state index contributed by atoms with van der Waals surface area (Å²) in [6.45, 7) is 0. The fourth-order valence-electron chi connectivity index (χ4n) is 6.90. The molecular formula is C48H33NO. The Morgan fingerprint density at radius 1 is 0.260 bits per heavy atom. The van der Waals surface area contributed by atoms with Gasteiger partial charge in [0.15, 0.2) is 0 Å². The lowest BCUT2D eigenvalue weighted by atomic mass is 9.98. The average Bonchev–Trinajstić information content (AvgIpc) is 3.58. The maximum atomic E-state index is 6.19. The van der Waals surface area contributed by atoms with Crippen molar-refractivity contribution in [2.24, 2.45) is 0 Å². The Morgan fingerprint density at radius 3 is 1.20 bits per heavy atom. The molecule has 0 N–H and O–H groups in total. The highest BCUT2D eigenvalue weighted by Crippen LogP contribution is 2.38. The van der Waals surface area contributed by atoms with Crippen molar-refractivity contribution in [2.45, 2.75) is 0 Å². The zero-order valence-electron chi connectivity index (χ0n) is 27.4. The minimum Gasteiger partial charge on any atom is -0.456 e. The van der Waals surface area contributed by atoms with Gasteiger partial charge in [0, 0.05) is 27.8 Å². The molecule has 0 atom stereocenters. The lowest BCUT2D eigenvalue weighted by Gasteiger charge is -2.26. The van der Waals surface area contributed by atoms with E-state index in [0.717, 1.165) is 50.1 Å². The first-order valence-corrected chi connectivity index (χ1v) is 17.0. The van der Waals surface area contributed by atoms with Crippen LogP contribution in [0.15, 0.2) is 205 Å². The van der Waals surface area contributed by atoms with Crippen molar-refractivity contribution in [1.82, 2.24) is 0 Å². The van der Waals surface area contributed by atoms with Gasteiger partial charge in [-0.15, -0.1) is 0 Å². The second-order valence-corrected chi connectivity index (χ2v) is 12.6. The second kappa shape index (κ2) is 12.8. The van der Waals surface area contributed by atoms with Gasteiger partial charge >= 0.3 is 0 Å². The summed E-state index contributed by atoms with van der Waals surface area (Å²) in [5, 5.41) is 2.29. The molecule has 0 bridgehead atoms. The van der Waals surface area contributed by atoms with Crippen molar-refractivity contribution in [3.05, 3.63) is 200 Å². The Labute approximate surface area is 292 Å². The van der Waals surface area contributed by atoms with Crippen LogP contribution in [0.5, 0.6) is 0 Å². The maximum absolute atomic E-state index is 6.19. The number of nitrogens with zero attached hydrogens (tertiary/aromatic N) is 1. The molecule has 0 spiro atoms. The Hall–Kier alpha value is -6.64. The van der Waals surface area contributed by atoms with Crippen molar-refractivity contribution in [3.63, 3.8) is 0 Å². The third-order valence-corrected chi connectivity index (χ3v) is 9.50. The Kier molecular flexibility index (Phi) is 7.53. The van der Waals surface area contributed by atoms with Crippen molar-refractivity contribution in [1.29, 1.82) is 0 Å². The molecule has 50 heavy (non-hydrogen) atoms. The summed E-state index contributed by atoms with van der Waals surface area (Å²) in [6.07, 6.45) is 0. The van der Waals surface area contributed by atoms with E-state index in [1.165, 1.54) is 33.4 Å². The molecule has 1 aromatic heterocycles. The van der Waals surface area contributed by atoms with E-state index >= 15 is 0 Å². The summed E-state index contributed by atoms with van der Waals surface area (Å²) >= 11 is 0. The van der Waals surface area contributed by atoms with Gasteiger partial charge in [-0.2, -0.15) is 0 Å². The van der Waals surface area contributed by atoms with Crippen LogP contribution in [-0.4, -0.2) is 0 Å². The Morgan fingerprint density at radius 2 is 0.640 bits per heavy atom. The highest BCUT2D eigenvalue weighted by molar-refractivity contribution is 6.05. The van der Waals surface area contributed by atoms with Gasteiger partial charge in [-0.3, -0.25) is 0 Å². The molecule has 0 fully saturated rings. The predicted octanol–water partition coefficient (Wildman–Crippen LogP) is 13.7. The SMILES string of the molecule is c1ccc(-c2ccc(N(c3ccc(-c4ccccc4)cc3)c3ccc(-c4cccc(-c5ccc6c(c5)oc5ccccc56)c4)cc3)cc2)cc1. The first-order chi connectivity index (χ1) is 24.8. The Balaban J connectivity index is 1.05. The molecule has 9 aromatic rings. The largest absolute Gasteiger partial charge is 0.456 e. The molecule has 0 aliphatic heterocycles. The van der Waals surface area contributed by atoms with Gasteiger partial charge in [0.2, 0.25) is 0 Å². The molecule has 0 unspecified atom stereocenters. The van der Waals surface area contributed by atoms with E-state index in [1.54, 1.807) is 0 Å². The summed E-state index contributed by atoms with van der Waals surface area (Å²) in [5.74, 6) is 0. The molecular weight excluding hydrogens is 607 g/mol. The van der Waals surface area contributed by atoms with Crippen LogP contribution in [0.1, 0.15) is 0 Å². The van der Waals surface area contributed by atoms with Crippen LogP contribution in [-0.2, 0) is 0 Å². The number of hydrogen-bond donors (Lipinski definition) is 0. The lowest BCUT2D eigenvalue weighted by Crippen LogP contribution is -2.09. The minimum absolute atomic E-state index is 0.909. The average molecular weight is 640 g/mol. The molecule has 2 heteroatoms. The number of rotatable bonds is 7. The van der Waals surface area contributed by atoms with Crippen molar-refractivity contribution in [3.8, 4) is 44.5 Å². The molecule has 0 amide bonds. The van der Waals surface area contributed by atoms with Crippen LogP contribution in [0.3, 0.4) is 0 Å². The molecule has 0 radical (unpaired) electrons. The van der Waals surface area contributed by atoms with Crippen LogP contribution in [0.2, 0.25) is 0 Å². The molecule has 0 aliphatic carbocycles. The topological polar surface area (TPSA) is 16.4 Å². The molecule has 0 saturated carbocycles. The number of para-hydroxylation sites is 1. The van der Waals surface area contributed by atoms with Crippen LogP contribution in [0, 0.1) is 0 Å². The van der Waals surface area contributed by atoms with Crippen molar-refractivity contribution >= 4 is 39.0 Å². The minimum atomic E-state index is 0.909. The third kappa shape index (κ3) is 5.63.